The molecule has 0 aliphatic heterocycles. The third kappa shape index (κ3) is 5.70. The fraction of sp³-hybridized carbons (Fsp3) is 0.357. The minimum atomic E-state index is -0.888. The van der Waals surface area contributed by atoms with E-state index in [-0.39, 0.29) is 12.8 Å². The smallest absolute Gasteiger partial charge is 0.328 e. The lowest BCUT2D eigenvalue weighted by Crippen LogP contribution is -2.41. The van der Waals surface area contributed by atoms with Crippen molar-refractivity contribution >= 4 is 40.4 Å². The van der Waals surface area contributed by atoms with Crippen molar-refractivity contribution in [3.05, 3.63) is 33.4 Å². The standard InChI is InChI=1S/C14H16INO5/c1-20-12(17)8-7-11(14(19)21-2)16-13(18)9-3-5-10(15)6-4-9/h3-6,11H,7-8H2,1-2H3,(H,16,18). The van der Waals surface area contributed by atoms with Crippen LogP contribution in [0.1, 0.15) is 23.2 Å². The molecule has 0 heterocycles. The minimum Gasteiger partial charge on any atom is -0.469 e. The van der Waals surface area contributed by atoms with E-state index in [1.54, 1.807) is 24.3 Å². The van der Waals surface area contributed by atoms with Crippen molar-refractivity contribution in [3.63, 3.8) is 0 Å². The normalized spacial score (nSPS) is 11.4. The highest BCUT2D eigenvalue weighted by atomic mass is 127. The second-order valence-corrected chi connectivity index (χ2v) is 5.42. The number of benzene rings is 1. The summed E-state index contributed by atoms with van der Waals surface area (Å²) in [5, 5.41) is 2.56. The van der Waals surface area contributed by atoms with Gasteiger partial charge in [0.2, 0.25) is 0 Å². The Labute approximate surface area is 136 Å². The van der Waals surface area contributed by atoms with Gasteiger partial charge in [0.25, 0.3) is 5.91 Å². The SMILES string of the molecule is COC(=O)CCC(NC(=O)c1ccc(I)cc1)C(=O)OC. The third-order valence-electron chi connectivity index (χ3n) is 2.76. The fourth-order valence-electron chi connectivity index (χ4n) is 1.60. The number of carbonyl (C=O) groups excluding carboxylic acids is 3. The molecule has 0 fully saturated rings. The molecule has 1 rings (SSSR count). The monoisotopic (exact) mass is 405 g/mol. The Balaban J connectivity index is 2.71. The van der Waals surface area contributed by atoms with Crippen molar-refractivity contribution in [2.75, 3.05) is 14.2 Å². The van der Waals surface area contributed by atoms with Crippen molar-refractivity contribution in [3.8, 4) is 0 Å². The van der Waals surface area contributed by atoms with Crippen LogP contribution in [0.15, 0.2) is 24.3 Å². The first-order valence-electron chi connectivity index (χ1n) is 6.19. The van der Waals surface area contributed by atoms with E-state index in [4.69, 9.17) is 0 Å². The summed E-state index contributed by atoms with van der Waals surface area (Å²) in [7, 11) is 2.49. The quantitative estimate of drug-likeness (QED) is 0.574. The Bertz CT molecular complexity index is 515. The number of nitrogens with one attached hydrogen (secondary N) is 1. The maximum Gasteiger partial charge on any atom is 0.328 e. The molecule has 1 aromatic rings. The third-order valence-corrected chi connectivity index (χ3v) is 3.48. The molecule has 0 saturated heterocycles. The zero-order chi connectivity index (χ0) is 15.8. The van der Waals surface area contributed by atoms with Crippen molar-refractivity contribution in [1.82, 2.24) is 5.32 Å². The Morgan fingerprint density at radius 2 is 1.76 bits per heavy atom. The van der Waals surface area contributed by atoms with Crippen LogP contribution in [0.25, 0.3) is 0 Å². The van der Waals surface area contributed by atoms with Crippen molar-refractivity contribution in [2.24, 2.45) is 0 Å². The molecule has 6 nitrogen and oxygen atoms in total. The highest BCUT2D eigenvalue weighted by Gasteiger charge is 2.23. The van der Waals surface area contributed by atoms with E-state index >= 15 is 0 Å². The first kappa shape index (κ1) is 17.4. The molecular formula is C14H16INO5. The van der Waals surface area contributed by atoms with E-state index in [2.05, 4.69) is 37.4 Å². The van der Waals surface area contributed by atoms with Crippen molar-refractivity contribution in [1.29, 1.82) is 0 Å². The summed E-state index contributed by atoms with van der Waals surface area (Å²) in [5.41, 5.74) is 0.433. The van der Waals surface area contributed by atoms with E-state index in [0.29, 0.717) is 5.56 Å². The molecule has 0 spiro atoms. The summed E-state index contributed by atoms with van der Waals surface area (Å²) >= 11 is 2.13. The second-order valence-electron chi connectivity index (χ2n) is 4.17. The molecule has 21 heavy (non-hydrogen) atoms. The summed E-state index contributed by atoms with van der Waals surface area (Å²) in [6.45, 7) is 0. The lowest BCUT2D eigenvalue weighted by atomic mass is 10.1. The average Bonchev–Trinajstić information content (AvgIpc) is 2.50. The zero-order valence-corrected chi connectivity index (χ0v) is 13.9. The van der Waals surface area contributed by atoms with Gasteiger partial charge in [-0.05, 0) is 53.3 Å². The first-order chi connectivity index (χ1) is 9.97. The van der Waals surface area contributed by atoms with Crippen LogP contribution in [0, 0.1) is 3.57 Å². The van der Waals surface area contributed by atoms with E-state index in [0.717, 1.165) is 3.57 Å². The number of carbonyl (C=O) groups is 3. The Hall–Kier alpha value is -1.64. The van der Waals surface area contributed by atoms with Gasteiger partial charge in [-0.15, -0.1) is 0 Å². The van der Waals surface area contributed by atoms with Crippen molar-refractivity contribution < 1.29 is 23.9 Å². The molecule has 114 valence electrons. The van der Waals surface area contributed by atoms with Gasteiger partial charge in [-0.1, -0.05) is 0 Å². The van der Waals surface area contributed by atoms with Crippen LogP contribution in [0.4, 0.5) is 0 Å². The average molecular weight is 405 g/mol. The van der Waals surface area contributed by atoms with Gasteiger partial charge < -0.3 is 14.8 Å². The summed E-state index contributed by atoms with van der Waals surface area (Å²) in [5.74, 6) is -1.45. The van der Waals surface area contributed by atoms with Gasteiger partial charge in [0, 0.05) is 15.6 Å². The molecule has 0 aliphatic rings. The van der Waals surface area contributed by atoms with E-state index in [9.17, 15) is 14.4 Å². The number of halogens is 1. The molecule has 1 aromatic carbocycles. The maximum absolute atomic E-state index is 12.1. The number of rotatable bonds is 6. The zero-order valence-electron chi connectivity index (χ0n) is 11.7. The summed E-state index contributed by atoms with van der Waals surface area (Å²) < 4.78 is 10.1. The predicted molar refractivity (Wildman–Crippen MR) is 83.7 cm³/mol. The largest absolute Gasteiger partial charge is 0.469 e. The predicted octanol–water partition coefficient (Wildman–Crippen LogP) is 1.52. The van der Waals surface area contributed by atoms with Gasteiger partial charge in [0.05, 0.1) is 14.2 Å². The van der Waals surface area contributed by atoms with Crippen molar-refractivity contribution in [2.45, 2.75) is 18.9 Å². The molecule has 1 unspecified atom stereocenters. The lowest BCUT2D eigenvalue weighted by molar-refractivity contribution is -0.144. The van der Waals surface area contributed by atoms with Gasteiger partial charge in [-0.25, -0.2) is 4.79 Å². The number of esters is 2. The highest BCUT2D eigenvalue weighted by Crippen LogP contribution is 2.08. The molecular weight excluding hydrogens is 389 g/mol. The summed E-state index contributed by atoms with van der Waals surface area (Å²) in [6.07, 6.45) is 0.138. The van der Waals surface area contributed by atoms with Gasteiger partial charge in [0.15, 0.2) is 0 Å². The minimum absolute atomic E-state index is 0.0171. The summed E-state index contributed by atoms with van der Waals surface area (Å²) in [6, 6.07) is 6.01. The highest BCUT2D eigenvalue weighted by molar-refractivity contribution is 14.1. The molecule has 0 aromatic heterocycles. The van der Waals surface area contributed by atoms with E-state index in [1.807, 2.05) is 0 Å². The van der Waals surface area contributed by atoms with Gasteiger partial charge in [-0.2, -0.15) is 0 Å². The number of hydrogen-bond donors (Lipinski definition) is 1. The Morgan fingerprint density at radius 3 is 2.29 bits per heavy atom. The molecule has 7 heteroatoms. The molecule has 0 aliphatic carbocycles. The second kappa shape index (κ2) is 8.60. The number of methoxy groups -OCH3 is 2. The van der Waals surface area contributed by atoms with Crippen LogP contribution in [-0.2, 0) is 19.1 Å². The molecule has 1 atom stereocenters. The van der Waals surface area contributed by atoms with E-state index in [1.165, 1.54) is 14.2 Å². The Morgan fingerprint density at radius 1 is 1.14 bits per heavy atom. The van der Waals surface area contributed by atoms with Gasteiger partial charge >= 0.3 is 11.9 Å². The van der Waals surface area contributed by atoms with Crippen LogP contribution in [0.5, 0.6) is 0 Å². The fourth-order valence-corrected chi connectivity index (χ4v) is 1.96. The van der Waals surface area contributed by atoms with Crippen LogP contribution in [0.3, 0.4) is 0 Å². The molecule has 1 N–H and O–H groups in total. The summed E-state index contributed by atoms with van der Waals surface area (Å²) in [4.78, 5) is 34.8. The van der Waals surface area contributed by atoms with Crippen LogP contribution < -0.4 is 5.32 Å². The Kier molecular flexibility index (Phi) is 7.13. The van der Waals surface area contributed by atoms with Gasteiger partial charge in [-0.3, -0.25) is 9.59 Å². The molecule has 0 radical (unpaired) electrons. The van der Waals surface area contributed by atoms with Crippen LogP contribution in [-0.4, -0.2) is 38.1 Å². The number of hydrogen-bond acceptors (Lipinski definition) is 5. The maximum atomic E-state index is 12.1. The van der Waals surface area contributed by atoms with Crippen LogP contribution >= 0.6 is 22.6 Å². The van der Waals surface area contributed by atoms with Crippen LogP contribution in [0.2, 0.25) is 0 Å². The number of amides is 1. The molecule has 0 saturated carbocycles. The molecule has 1 amide bonds. The number of ether oxygens (including phenoxy) is 2. The van der Waals surface area contributed by atoms with Gasteiger partial charge in [0.1, 0.15) is 6.04 Å². The lowest BCUT2D eigenvalue weighted by Gasteiger charge is -2.16. The molecule has 0 bridgehead atoms. The topological polar surface area (TPSA) is 81.7 Å². The van der Waals surface area contributed by atoms with E-state index < -0.39 is 23.9 Å². The first-order valence-corrected chi connectivity index (χ1v) is 7.27.